The largest absolute Gasteiger partial charge is 0.490 e. The third-order valence-corrected chi connectivity index (χ3v) is 6.74. The van der Waals surface area contributed by atoms with E-state index in [2.05, 4.69) is 48.0 Å². The fourth-order valence-electron chi connectivity index (χ4n) is 4.68. The first-order valence-corrected chi connectivity index (χ1v) is 12.2. The van der Waals surface area contributed by atoms with Crippen molar-refractivity contribution < 1.29 is 18.6 Å². The maximum absolute atomic E-state index is 13.3. The highest BCUT2D eigenvalue weighted by Gasteiger charge is 2.38. The van der Waals surface area contributed by atoms with Crippen LogP contribution in [0.3, 0.4) is 0 Å². The Morgan fingerprint density at radius 1 is 1.00 bits per heavy atom. The molecule has 0 bridgehead atoms. The predicted molar refractivity (Wildman–Crippen MR) is 128 cm³/mol. The monoisotopic (exact) mass is 456 g/mol. The Morgan fingerprint density at radius 3 is 2.33 bits per heavy atom. The topological polar surface area (TPSA) is 34.2 Å². The van der Waals surface area contributed by atoms with E-state index in [1.165, 1.54) is 17.7 Å². The normalized spacial score (nSPS) is 19.3. The van der Waals surface area contributed by atoms with Gasteiger partial charge in [-0.1, -0.05) is 29.8 Å². The molecule has 2 aliphatic rings. The summed E-state index contributed by atoms with van der Waals surface area (Å²) in [5.74, 6) is 0.0122. The molecule has 6 heteroatoms. The molecule has 0 saturated carbocycles. The van der Waals surface area contributed by atoms with Crippen molar-refractivity contribution in [1.29, 1.82) is 0 Å². The lowest BCUT2D eigenvalue weighted by Gasteiger charge is -2.33. The molecule has 0 radical (unpaired) electrons. The van der Waals surface area contributed by atoms with Gasteiger partial charge in [-0.05, 0) is 64.0 Å². The van der Waals surface area contributed by atoms with Gasteiger partial charge in [0.15, 0.2) is 5.79 Å². The molecule has 180 valence electrons. The summed E-state index contributed by atoms with van der Waals surface area (Å²) in [6.07, 6.45) is 4.19. The standard InChI is InChI=1S/C27H37FN2O3/c1-22-4-10-25(11-5-22)33-26-12-16-30(17-13-26)19-18-29(2)15-3-14-27(31-20-21-32-27)23-6-8-24(28)9-7-23/h4-11,26H,3,12-21H2,1-2H3. The van der Waals surface area contributed by atoms with Crippen molar-refractivity contribution in [3.63, 3.8) is 0 Å². The number of hydrogen-bond acceptors (Lipinski definition) is 5. The van der Waals surface area contributed by atoms with Crippen LogP contribution in [0.4, 0.5) is 4.39 Å². The van der Waals surface area contributed by atoms with Gasteiger partial charge < -0.3 is 24.0 Å². The van der Waals surface area contributed by atoms with Crippen LogP contribution in [0, 0.1) is 12.7 Å². The number of ether oxygens (including phenoxy) is 3. The summed E-state index contributed by atoms with van der Waals surface area (Å²) in [7, 11) is 2.17. The smallest absolute Gasteiger partial charge is 0.195 e. The molecule has 0 N–H and O–H groups in total. The number of likely N-dealkylation sites (N-methyl/N-ethyl adjacent to an activating group) is 1. The number of aryl methyl sites for hydroxylation is 1. The quantitative estimate of drug-likeness (QED) is 0.522. The Hall–Kier alpha value is -1.99. The number of likely N-dealkylation sites (tertiary alicyclic amines) is 1. The van der Waals surface area contributed by atoms with Gasteiger partial charge in [-0.3, -0.25) is 0 Å². The van der Waals surface area contributed by atoms with Crippen molar-refractivity contribution in [3.8, 4) is 5.75 Å². The first-order valence-electron chi connectivity index (χ1n) is 12.2. The van der Waals surface area contributed by atoms with Crippen molar-refractivity contribution in [3.05, 3.63) is 65.5 Å². The molecule has 0 spiro atoms. The molecule has 2 aliphatic heterocycles. The lowest BCUT2D eigenvalue weighted by Crippen LogP contribution is -2.41. The fraction of sp³-hybridized carbons (Fsp3) is 0.556. The minimum atomic E-state index is -0.728. The molecular weight excluding hydrogens is 419 g/mol. The van der Waals surface area contributed by atoms with Crippen LogP contribution in [-0.2, 0) is 15.3 Å². The minimum Gasteiger partial charge on any atom is -0.490 e. The molecule has 2 fully saturated rings. The van der Waals surface area contributed by atoms with E-state index in [1.54, 1.807) is 12.1 Å². The zero-order valence-electron chi connectivity index (χ0n) is 20.0. The Balaban J connectivity index is 1.14. The molecule has 2 aromatic rings. The van der Waals surface area contributed by atoms with Gasteiger partial charge in [-0.2, -0.15) is 0 Å². The summed E-state index contributed by atoms with van der Waals surface area (Å²) < 4.78 is 31.4. The van der Waals surface area contributed by atoms with E-state index in [1.807, 2.05) is 0 Å². The SMILES string of the molecule is Cc1ccc(OC2CCN(CCN(C)CCCC3(c4ccc(F)cc4)OCCO3)CC2)cc1. The van der Waals surface area contributed by atoms with Crippen LogP contribution in [0.25, 0.3) is 0 Å². The van der Waals surface area contributed by atoms with E-state index in [9.17, 15) is 4.39 Å². The lowest BCUT2D eigenvalue weighted by molar-refractivity contribution is -0.172. The highest BCUT2D eigenvalue weighted by Crippen LogP contribution is 2.36. The molecule has 0 unspecified atom stereocenters. The van der Waals surface area contributed by atoms with Crippen LogP contribution in [0.5, 0.6) is 5.75 Å². The summed E-state index contributed by atoms with van der Waals surface area (Å²) >= 11 is 0. The van der Waals surface area contributed by atoms with Crippen LogP contribution < -0.4 is 4.74 Å². The summed E-state index contributed by atoms with van der Waals surface area (Å²) in [6.45, 7) is 8.51. The zero-order chi connectivity index (χ0) is 23.1. The molecule has 33 heavy (non-hydrogen) atoms. The first-order chi connectivity index (χ1) is 16.0. The zero-order valence-corrected chi connectivity index (χ0v) is 20.0. The van der Waals surface area contributed by atoms with Crippen LogP contribution >= 0.6 is 0 Å². The van der Waals surface area contributed by atoms with Gasteiger partial charge in [0, 0.05) is 38.2 Å². The Labute approximate surface area is 197 Å². The summed E-state index contributed by atoms with van der Waals surface area (Å²) in [6, 6.07) is 14.8. The summed E-state index contributed by atoms with van der Waals surface area (Å²) in [5.41, 5.74) is 2.16. The van der Waals surface area contributed by atoms with Crippen molar-refractivity contribution in [2.24, 2.45) is 0 Å². The highest BCUT2D eigenvalue weighted by atomic mass is 19.1. The van der Waals surface area contributed by atoms with Gasteiger partial charge in [0.25, 0.3) is 0 Å². The van der Waals surface area contributed by atoms with Crippen LogP contribution in [0.15, 0.2) is 48.5 Å². The minimum absolute atomic E-state index is 0.239. The van der Waals surface area contributed by atoms with Crippen molar-refractivity contribution in [1.82, 2.24) is 9.80 Å². The second kappa shape index (κ2) is 11.4. The van der Waals surface area contributed by atoms with Crippen LogP contribution in [0.1, 0.15) is 36.8 Å². The van der Waals surface area contributed by atoms with Gasteiger partial charge in [-0.25, -0.2) is 4.39 Å². The molecule has 0 atom stereocenters. The van der Waals surface area contributed by atoms with Gasteiger partial charge >= 0.3 is 0 Å². The third kappa shape index (κ3) is 6.76. The molecule has 2 aromatic carbocycles. The van der Waals surface area contributed by atoms with Gasteiger partial charge in [-0.15, -0.1) is 0 Å². The van der Waals surface area contributed by atoms with Gasteiger partial charge in [0.2, 0.25) is 0 Å². The Morgan fingerprint density at radius 2 is 1.67 bits per heavy atom. The average molecular weight is 457 g/mol. The van der Waals surface area contributed by atoms with E-state index >= 15 is 0 Å². The maximum atomic E-state index is 13.3. The van der Waals surface area contributed by atoms with E-state index in [-0.39, 0.29) is 5.82 Å². The van der Waals surface area contributed by atoms with Crippen molar-refractivity contribution in [2.45, 2.75) is 44.5 Å². The molecule has 2 heterocycles. The number of halogens is 1. The van der Waals surface area contributed by atoms with E-state index < -0.39 is 5.79 Å². The number of hydrogen-bond donors (Lipinski definition) is 0. The van der Waals surface area contributed by atoms with E-state index in [0.717, 1.165) is 69.7 Å². The van der Waals surface area contributed by atoms with Crippen molar-refractivity contribution >= 4 is 0 Å². The van der Waals surface area contributed by atoms with Crippen molar-refractivity contribution in [2.75, 3.05) is 53.0 Å². The van der Waals surface area contributed by atoms with Gasteiger partial charge in [0.05, 0.1) is 13.2 Å². The van der Waals surface area contributed by atoms with Crippen LogP contribution in [0.2, 0.25) is 0 Å². The molecule has 2 saturated heterocycles. The lowest BCUT2D eigenvalue weighted by atomic mass is 10.0. The predicted octanol–water partition coefficient (Wildman–Crippen LogP) is 4.59. The third-order valence-electron chi connectivity index (χ3n) is 6.74. The second-order valence-electron chi connectivity index (χ2n) is 9.34. The highest BCUT2D eigenvalue weighted by molar-refractivity contribution is 5.26. The molecule has 0 amide bonds. The number of piperidine rings is 1. The van der Waals surface area contributed by atoms with E-state index in [0.29, 0.717) is 19.3 Å². The number of rotatable bonds is 10. The second-order valence-corrected chi connectivity index (χ2v) is 9.34. The molecule has 4 rings (SSSR count). The molecule has 5 nitrogen and oxygen atoms in total. The van der Waals surface area contributed by atoms with Crippen LogP contribution in [-0.4, -0.2) is 68.9 Å². The Bertz CT molecular complexity index is 845. The first kappa shape index (κ1) is 24.1. The molecular formula is C27H37FN2O3. The Kier molecular flexibility index (Phi) is 8.36. The maximum Gasteiger partial charge on any atom is 0.195 e. The molecule has 0 aromatic heterocycles. The molecule has 0 aliphatic carbocycles. The van der Waals surface area contributed by atoms with E-state index in [4.69, 9.17) is 14.2 Å². The number of nitrogens with zero attached hydrogens (tertiary/aromatic N) is 2. The van der Waals surface area contributed by atoms with Gasteiger partial charge in [0.1, 0.15) is 17.7 Å². The summed E-state index contributed by atoms with van der Waals surface area (Å²) in [4.78, 5) is 4.91. The number of benzene rings is 2. The average Bonchev–Trinajstić information content (AvgIpc) is 3.30. The summed E-state index contributed by atoms with van der Waals surface area (Å²) in [5, 5.41) is 0. The fourth-order valence-corrected chi connectivity index (χ4v) is 4.68.